The van der Waals surface area contributed by atoms with Crippen molar-refractivity contribution < 1.29 is 23.1 Å². The highest BCUT2D eigenvalue weighted by atomic mass is 19.1. The van der Waals surface area contributed by atoms with Crippen molar-refractivity contribution in [3.05, 3.63) is 41.3 Å². The molecule has 1 N–H and O–H groups in total. The predicted octanol–water partition coefficient (Wildman–Crippen LogP) is 3.20. The maximum Gasteiger partial charge on any atom is 0.373 e. The molecule has 6 heteroatoms. The molecule has 0 unspecified atom stereocenters. The molecule has 4 nitrogen and oxygen atoms in total. The standard InChI is InChI=1S/C13H9F2NO3/c14-7-2-1-3-8(15)9(7)12-16-10(6-4-5-6)11(19-12)13(17)18/h1-3,6H,4-5H2,(H,17,18). The second kappa shape index (κ2) is 4.15. The molecule has 1 heterocycles. The molecule has 0 bridgehead atoms. The fourth-order valence-electron chi connectivity index (χ4n) is 1.93. The summed E-state index contributed by atoms with van der Waals surface area (Å²) in [5, 5.41) is 9.02. The van der Waals surface area contributed by atoms with Crippen molar-refractivity contribution in [3.8, 4) is 11.5 Å². The summed E-state index contributed by atoms with van der Waals surface area (Å²) < 4.78 is 32.2. The Kier molecular flexibility index (Phi) is 2.58. The molecule has 0 atom stereocenters. The Hall–Kier alpha value is -2.24. The molecule has 1 fully saturated rings. The van der Waals surface area contributed by atoms with Crippen LogP contribution in [-0.2, 0) is 0 Å². The highest BCUT2D eigenvalue weighted by molar-refractivity contribution is 5.86. The second-order valence-electron chi connectivity index (χ2n) is 4.41. The third-order valence-corrected chi connectivity index (χ3v) is 2.99. The topological polar surface area (TPSA) is 63.3 Å². The Morgan fingerprint density at radius 3 is 2.47 bits per heavy atom. The van der Waals surface area contributed by atoms with E-state index < -0.39 is 23.2 Å². The summed E-state index contributed by atoms with van der Waals surface area (Å²) in [6, 6.07) is 3.36. The van der Waals surface area contributed by atoms with Crippen LogP contribution in [0.4, 0.5) is 8.78 Å². The van der Waals surface area contributed by atoms with Crippen LogP contribution in [0.25, 0.3) is 11.5 Å². The van der Waals surface area contributed by atoms with Gasteiger partial charge < -0.3 is 9.52 Å². The summed E-state index contributed by atoms with van der Waals surface area (Å²) in [6.07, 6.45) is 1.62. The first-order chi connectivity index (χ1) is 9.08. The van der Waals surface area contributed by atoms with Crippen LogP contribution in [0.2, 0.25) is 0 Å². The van der Waals surface area contributed by atoms with E-state index >= 15 is 0 Å². The highest BCUT2D eigenvalue weighted by Crippen LogP contribution is 2.42. The summed E-state index contributed by atoms with van der Waals surface area (Å²) in [5.41, 5.74) is -0.165. The summed E-state index contributed by atoms with van der Waals surface area (Å²) >= 11 is 0. The Morgan fingerprint density at radius 2 is 1.95 bits per heavy atom. The van der Waals surface area contributed by atoms with Gasteiger partial charge in [0.1, 0.15) is 17.2 Å². The van der Waals surface area contributed by atoms with Gasteiger partial charge in [-0.3, -0.25) is 0 Å². The van der Waals surface area contributed by atoms with Crippen LogP contribution in [0.1, 0.15) is 35.0 Å². The SMILES string of the molecule is O=C(O)c1oc(-c2c(F)cccc2F)nc1C1CC1. The smallest absolute Gasteiger partial charge is 0.373 e. The van der Waals surface area contributed by atoms with Crippen molar-refractivity contribution >= 4 is 5.97 Å². The van der Waals surface area contributed by atoms with E-state index in [1.54, 1.807) is 0 Å². The van der Waals surface area contributed by atoms with Gasteiger partial charge in [-0.1, -0.05) is 6.07 Å². The molecule has 0 radical (unpaired) electrons. The zero-order chi connectivity index (χ0) is 13.6. The molecule has 98 valence electrons. The average molecular weight is 265 g/mol. The van der Waals surface area contributed by atoms with Gasteiger partial charge in [0.05, 0.1) is 5.69 Å². The maximum atomic E-state index is 13.6. The first-order valence-electron chi connectivity index (χ1n) is 5.76. The van der Waals surface area contributed by atoms with Crippen LogP contribution in [0, 0.1) is 11.6 Å². The Bertz CT molecular complexity index is 642. The number of carbonyl (C=O) groups is 1. The Morgan fingerprint density at radius 1 is 1.32 bits per heavy atom. The number of hydrogen-bond donors (Lipinski definition) is 1. The number of aromatic carboxylic acids is 1. The zero-order valence-electron chi connectivity index (χ0n) is 9.69. The van der Waals surface area contributed by atoms with Gasteiger partial charge in [0.25, 0.3) is 0 Å². The zero-order valence-corrected chi connectivity index (χ0v) is 9.69. The molecule has 0 saturated heterocycles. The van der Waals surface area contributed by atoms with Crippen LogP contribution in [0.5, 0.6) is 0 Å². The van der Waals surface area contributed by atoms with Gasteiger partial charge in [0.2, 0.25) is 11.7 Å². The fourth-order valence-corrected chi connectivity index (χ4v) is 1.93. The molecule has 3 rings (SSSR count). The van der Waals surface area contributed by atoms with Crippen LogP contribution < -0.4 is 0 Å². The number of nitrogens with zero attached hydrogens (tertiary/aromatic N) is 1. The third kappa shape index (κ3) is 1.99. The first kappa shape index (κ1) is 11.8. The van der Waals surface area contributed by atoms with Gasteiger partial charge in [-0.15, -0.1) is 0 Å². The lowest BCUT2D eigenvalue weighted by Gasteiger charge is -1.98. The Labute approximate surface area is 106 Å². The minimum atomic E-state index is -1.28. The van der Waals surface area contributed by atoms with Crippen LogP contribution in [0.3, 0.4) is 0 Å². The molecule has 0 aliphatic heterocycles. The number of rotatable bonds is 3. The van der Waals surface area contributed by atoms with E-state index in [9.17, 15) is 13.6 Å². The quantitative estimate of drug-likeness (QED) is 0.925. The molecule has 1 aliphatic carbocycles. The van der Waals surface area contributed by atoms with E-state index in [4.69, 9.17) is 9.52 Å². The van der Waals surface area contributed by atoms with Gasteiger partial charge in [0, 0.05) is 5.92 Å². The van der Waals surface area contributed by atoms with Crippen molar-refractivity contribution in [3.63, 3.8) is 0 Å². The van der Waals surface area contributed by atoms with Gasteiger partial charge in [0.15, 0.2) is 0 Å². The predicted molar refractivity (Wildman–Crippen MR) is 60.8 cm³/mol. The average Bonchev–Trinajstić information content (AvgIpc) is 3.09. The lowest BCUT2D eigenvalue weighted by Crippen LogP contribution is -1.98. The molecule has 1 aliphatic rings. The third-order valence-electron chi connectivity index (χ3n) is 2.99. The minimum absolute atomic E-state index is 0.0124. The first-order valence-corrected chi connectivity index (χ1v) is 5.76. The van der Waals surface area contributed by atoms with Gasteiger partial charge in [-0.25, -0.2) is 18.6 Å². The monoisotopic (exact) mass is 265 g/mol. The molecule has 1 aromatic carbocycles. The van der Waals surface area contributed by atoms with E-state index in [0.717, 1.165) is 25.0 Å². The van der Waals surface area contributed by atoms with Crippen LogP contribution >= 0.6 is 0 Å². The van der Waals surface area contributed by atoms with Crippen molar-refractivity contribution in [2.24, 2.45) is 0 Å². The minimum Gasteiger partial charge on any atom is -0.475 e. The van der Waals surface area contributed by atoms with Crippen molar-refractivity contribution in [2.75, 3.05) is 0 Å². The van der Waals surface area contributed by atoms with E-state index in [0.29, 0.717) is 0 Å². The summed E-state index contributed by atoms with van der Waals surface area (Å²) in [4.78, 5) is 15.0. The summed E-state index contributed by atoms with van der Waals surface area (Å²) in [5.74, 6) is -3.59. The van der Waals surface area contributed by atoms with Crippen molar-refractivity contribution in [2.45, 2.75) is 18.8 Å². The summed E-state index contributed by atoms with van der Waals surface area (Å²) in [7, 11) is 0. The van der Waals surface area contributed by atoms with Gasteiger partial charge in [-0.05, 0) is 25.0 Å². The molecular weight excluding hydrogens is 256 g/mol. The molecule has 19 heavy (non-hydrogen) atoms. The van der Waals surface area contributed by atoms with Crippen molar-refractivity contribution in [1.29, 1.82) is 0 Å². The molecule has 2 aromatic rings. The molecule has 0 amide bonds. The fraction of sp³-hybridized carbons (Fsp3) is 0.231. The number of aromatic nitrogens is 1. The molecule has 1 saturated carbocycles. The largest absolute Gasteiger partial charge is 0.475 e. The lowest BCUT2D eigenvalue weighted by atomic mass is 10.2. The number of carboxylic acids is 1. The van der Waals surface area contributed by atoms with Gasteiger partial charge >= 0.3 is 5.97 Å². The van der Waals surface area contributed by atoms with E-state index in [2.05, 4.69) is 4.98 Å². The van der Waals surface area contributed by atoms with E-state index in [1.807, 2.05) is 0 Å². The number of halogens is 2. The highest BCUT2D eigenvalue weighted by Gasteiger charge is 2.34. The normalized spacial score (nSPS) is 14.6. The number of hydrogen-bond acceptors (Lipinski definition) is 3. The lowest BCUT2D eigenvalue weighted by molar-refractivity contribution is 0.0661. The summed E-state index contributed by atoms with van der Waals surface area (Å²) in [6.45, 7) is 0. The van der Waals surface area contributed by atoms with E-state index in [-0.39, 0.29) is 23.3 Å². The van der Waals surface area contributed by atoms with Crippen LogP contribution in [0.15, 0.2) is 22.6 Å². The number of carboxylic acid groups (broad SMARTS) is 1. The molecular formula is C13H9F2NO3. The molecule has 0 spiro atoms. The van der Waals surface area contributed by atoms with E-state index in [1.165, 1.54) is 6.07 Å². The van der Waals surface area contributed by atoms with Gasteiger partial charge in [-0.2, -0.15) is 0 Å². The second-order valence-corrected chi connectivity index (χ2v) is 4.41. The Balaban J connectivity index is 2.16. The van der Waals surface area contributed by atoms with Crippen molar-refractivity contribution in [1.82, 2.24) is 4.98 Å². The molecule has 1 aromatic heterocycles. The maximum absolute atomic E-state index is 13.6. The number of benzene rings is 1. The number of oxazole rings is 1. The van der Waals surface area contributed by atoms with Crippen LogP contribution in [-0.4, -0.2) is 16.1 Å².